The van der Waals surface area contributed by atoms with Gasteiger partial charge in [0.1, 0.15) is 29.1 Å². The van der Waals surface area contributed by atoms with Crippen molar-refractivity contribution in [3.63, 3.8) is 0 Å². The molecule has 3 heterocycles. The third-order valence-corrected chi connectivity index (χ3v) is 6.19. The average Bonchev–Trinajstić information content (AvgIpc) is 3.10. The smallest absolute Gasteiger partial charge is 0.290 e. The van der Waals surface area contributed by atoms with E-state index in [-0.39, 0.29) is 27.7 Å². The second-order valence-electron chi connectivity index (χ2n) is 6.87. The minimum atomic E-state index is -4.63. The van der Waals surface area contributed by atoms with E-state index in [1.54, 1.807) is 13.8 Å². The topological polar surface area (TPSA) is 101 Å². The predicted molar refractivity (Wildman–Crippen MR) is 97.6 cm³/mol. The zero-order valence-electron chi connectivity index (χ0n) is 15.7. The van der Waals surface area contributed by atoms with E-state index in [1.165, 1.54) is 29.8 Å². The summed E-state index contributed by atoms with van der Waals surface area (Å²) in [5, 5.41) is 9.33. The molecule has 0 spiro atoms. The van der Waals surface area contributed by atoms with Crippen LogP contribution in [0.15, 0.2) is 35.7 Å². The molecule has 0 amide bonds. The third kappa shape index (κ3) is 3.80. The summed E-state index contributed by atoms with van der Waals surface area (Å²) in [6, 6.07) is 4.22. The molecule has 0 saturated carbocycles. The molecule has 0 aromatic carbocycles. The van der Waals surface area contributed by atoms with E-state index in [0.717, 1.165) is 12.4 Å². The van der Waals surface area contributed by atoms with Crippen molar-refractivity contribution in [2.24, 2.45) is 0 Å². The standard InChI is InChI=1S/C18H16F3N5O2S/c1-4-29(27,28)13-5-11(17(2,3)9-22)7-23-16(13)12-8-26-10-24-14(18(19,20)21)6-15(26)25-12/h5-8,10H,4H2,1-3H3. The summed E-state index contributed by atoms with van der Waals surface area (Å²) in [7, 11) is -3.75. The highest BCUT2D eigenvalue weighted by Crippen LogP contribution is 2.32. The molecular formula is C18H16F3N5O2S. The van der Waals surface area contributed by atoms with Crippen LogP contribution in [0.1, 0.15) is 32.0 Å². The van der Waals surface area contributed by atoms with E-state index in [4.69, 9.17) is 0 Å². The number of fused-ring (bicyclic) bond motifs is 1. The fourth-order valence-electron chi connectivity index (χ4n) is 2.60. The molecule has 7 nitrogen and oxygen atoms in total. The van der Waals surface area contributed by atoms with Gasteiger partial charge in [-0.2, -0.15) is 18.4 Å². The van der Waals surface area contributed by atoms with E-state index in [0.29, 0.717) is 5.56 Å². The van der Waals surface area contributed by atoms with Crippen LogP contribution in [-0.4, -0.2) is 33.5 Å². The Hall–Kier alpha value is -3.00. The fourth-order valence-corrected chi connectivity index (χ4v) is 3.67. The molecule has 0 N–H and O–H groups in total. The van der Waals surface area contributed by atoms with E-state index in [1.807, 2.05) is 0 Å². The Labute approximate surface area is 164 Å². The van der Waals surface area contributed by atoms with Gasteiger partial charge in [0.25, 0.3) is 0 Å². The Morgan fingerprint density at radius 3 is 2.48 bits per heavy atom. The third-order valence-electron chi connectivity index (χ3n) is 4.45. The van der Waals surface area contributed by atoms with Gasteiger partial charge in [0.05, 0.1) is 22.1 Å². The fraction of sp³-hybridized carbons (Fsp3) is 0.333. The summed E-state index contributed by atoms with van der Waals surface area (Å²) in [5.41, 5.74) is -1.65. The number of nitrogens with zero attached hydrogens (tertiary/aromatic N) is 5. The second kappa shape index (κ2) is 6.81. The summed E-state index contributed by atoms with van der Waals surface area (Å²) in [6.45, 7) is 4.72. The van der Waals surface area contributed by atoms with E-state index >= 15 is 0 Å². The number of imidazole rings is 1. The highest BCUT2D eigenvalue weighted by Gasteiger charge is 2.33. The molecule has 0 radical (unpaired) electrons. The number of nitriles is 1. The molecule has 0 bridgehead atoms. The van der Waals surface area contributed by atoms with Gasteiger partial charge in [0, 0.05) is 18.5 Å². The van der Waals surface area contributed by atoms with Crippen LogP contribution in [0.4, 0.5) is 13.2 Å². The Morgan fingerprint density at radius 1 is 1.21 bits per heavy atom. The van der Waals surface area contributed by atoms with Gasteiger partial charge in [-0.3, -0.25) is 9.38 Å². The van der Waals surface area contributed by atoms with Crippen molar-refractivity contribution in [2.45, 2.75) is 37.3 Å². The minimum Gasteiger partial charge on any atom is -0.290 e. The lowest BCUT2D eigenvalue weighted by Crippen LogP contribution is -2.16. The number of hydrogen-bond donors (Lipinski definition) is 0. The first-order valence-corrected chi connectivity index (χ1v) is 10.1. The highest BCUT2D eigenvalue weighted by molar-refractivity contribution is 7.91. The van der Waals surface area contributed by atoms with Gasteiger partial charge in [-0.15, -0.1) is 0 Å². The van der Waals surface area contributed by atoms with Crippen molar-refractivity contribution in [1.29, 1.82) is 5.26 Å². The number of pyridine rings is 1. The lowest BCUT2D eigenvalue weighted by Gasteiger charge is -2.17. The number of rotatable bonds is 4. The zero-order chi connectivity index (χ0) is 21.6. The molecule has 0 aliphatic rings. The average molecular weight is 423 g/mol. The molecule has 11 heteroatoms. The molecule has 3 aromatic rings. The molecule has 0 saturated heterocycles. The second-order valence-corrected chi connectivity index (χ2v) is 9.12. The van der Waals surface area contributed by atoms with Crippen LogP contribution in [0.2, 0.25) is 0 Å². The normalized spacial score (nSPS) is 12.9. The summed E-state index contributed by atoms with van der Waals surface area (Å²) >= 11 is 0. The lowest BCUT2D eigenvalue weighted by atomic mass is 9.87. The first kappa shape index (κ1) is 20.7. The summed E-state index contributed by atoms with van der Waals surface area (Å²) in [6.07, 6.45) is -0.950. The molecule has 3 aromatic heterocycles. The SMILES string of the molecule is CCS(=O)(=O)c1cc(C(C)(C)C#N)cnc1-c1cn2cnc(C(F)(F)F)cc2n1. The van der Waals surface area contributed by atoms with Gasteiger partial charge in [-0.05, 0) is 25.5 Å². The number of aromatic nitrogens is 4. The van der Waals surface area contributed by atoms with Crippen LogP contribution in [0.3, 0.4) is 0 Å². The van der Waals surface area contributed by atoms with Crippen molar-refractivity contribution in [3.05, 3.63) is 42.1 Å². The van der Waals surface area contributed by atoms with E-state index in [2.05, 4.69) is 21.0 Å². The van der Waals surface area contributed by atoms with Crippen LogP contribution in [0.25, 0.3) is 17.0 Å². The summed E-state index contributed by atoms with van der Waals surface area (Å²) in [5.74, 6) is -0.217. The van der Waals surface area contributed by atoms with Gasteiger partial charge in [0.2, 0.25) is 0 Å². The Morgan fingerprint density at radius 2 is 1.90 bits per heavy atom. The van der Waals surface area contributed by atoms with Crippen molar-refractivity contribution in [2.75, 3.05) is 5.75 Å². The first-order valence-electron chi connectivity index (χ1n) is 8.46. The molecule has 0 atom stereocenters. The van der Waals surface area contributed by atoms with Gasteiger partial charge in [-0.25, -0.2) is 18.4 Å². The van der Waals surface area contributed by atoms with Crippen molar-refractivity contribution < 1.29 is 21.6 Å². The Bertz CT molecular complexity index is 1240. The molecule has 0 unspecified atom stereocenters. The maximum Gasteiger partial charge on any atom is 0.433 e. The molecule has 0 aliphatic carbocycles. The lowest BCUT2D eigenvalue weighted by molar-refractivity contribution is -0.141. The molecule has 3 rings (SSSR count). The molecular weight excluding hydrogens is 407 g/mol. The van der Waals surface area contributed by atoms with Crippen LogP contribution in [-0.2, 0) is 21.4 Å². The summed E-state index contributed by atoms with van der Waals surface area (Å²) in [4.78, 5) is 11.5. The minimum absolute atomic E-state index is 0.00148. The van der Waals surface area contributed by atoms with Crippen LogP contribution < -0.4 is 0 Å². The Balaban J connectivity index is 2.24. The Kier molecular flexibility index (Phi) is 4.86. The first-order chi connectivity index (χ1) is 13.4. The summed E-state index contributed by atoms with van der Waals surface area (Å²) < 4.78 is 65.2. The van der Waals surface area contributed by atoms with Crippen LogP contribution in [0.5, 0.6) is 0 Å². The van der Waals surface area contributed by atoms with Gasteiger partial charge >= 0.3 is 6.18 Å². The number of sulfone groups is 1. The van der Waals surface area contributed by atoms with Gasteiger partial charge in [0.15, 0.2) is 9.84 Å². The monoisotopic (exact) mass is 423 g/mol. The molecule has 0 fully saturated rings. The van der Waals surface area contributed by atoms with E-state index < -0.39 is 27.1 Å². The van der Waals surface area contributed by atoms with Crippen LogP contribution in [0, 0.1) is 11.3 Å². The predicted octanol–water partition coefficient (Wildman–Crippen LogP) is 3.40. The van der Waals surface area contributed by atoms with Gasteiger partial charge < -0.3 is 0 Å². The maximum atomic E-state index is 12.9. The maximum absolute atomic E-state index is 12.9. The number of alkyl halides is 3. The highest BCUT2D eigenvalue weighted by atomic mass is 32.2. The van der Waals surface area contributed by atoms with Crippen LogP contribution >= 0.6 is 0 Å². The zero-order valence-corrected chi connectivity index (χ0v) is 16.5. The molecule has 29 heavy (non-hydrogen) atoms. The van der Waals surface area contributed by atoms with Crippen molar-refractivity contribution >= 4 is 15.5 Å². The molecule has 0 aliphatic heterocycles. The van der Waals surface area contributed by atoms with E-state index in [9.17, 15) is 26.9 Å². The number of halogens is 3. The quantitative estimate of drug-likeness (QED) is 0.637. The van der Waals surface area contributed by atoms with Crippen molar-refractivity contribution in [3.8, 4) is 17.5 Å². The van der Waals surface area contributed by atoms with Gasteiger partial charge in [-0.1, -0.05) is 6.92 Å². The van der Waals surface area contributed by atoms with Crippen molar-refractivity contribution in [1.82, 2.24) is 19.4 Å². The largest absolute Gasteiger partial charge is 0.433 e. The number of hydrogen-bond acceptors (Lipinski definition) is 6. The molecule has 152 valence electrons.